The summed E-state index contributed by atoms with van der Waals surface area (Å²) < 4.78 is 34.1. The third kappa shape index (κ3) is 3.46. The Morgan fingerprint density at radius 1 is 1.35 bits per heavy atom. The van der Waals surface area contributed by atoms with Crippen LogP contribution in [0.2, 0.25) is 0 Å². The first-order valence-electron chi connectivity index (χ1n) is 7.75. The summed E-state index contributed by atoms with van der Waals surface area (Å²) in [4.78, 5) is 4.24. The van der Waals surface area contributed by atoms with Crippen molar-refractivity contribution in [2.45, 2.75) is 25.3 Å². The Bertz CT molecular complexity index is 716. The minimum Gasteiger partial charge on any atom is -0.468 e. The van der Waals surface area contributed by atoms with Crippen LogP contribution in [0.5, 0.6) is 0 Å². The molecule has 0 spiro atoms. The van der Waals surface area contributed by atoms with Crippen molar-refractivity contribution >= 4 is 10.2 Å². The molecule has 23 heavy (non-hydrogen) atoms. The average Bonchev–Trinajstić information content (AvgIpc) is 3.23. The normalized spacial score (nSPS) is 19.5. The van der Waals surface area contributed by atoms with E-state index in [2.05, 4.69) is 4.98 Å². The van der Waals surface area contributed by atoms with Crippen molar-refractivity contribution in [3.63, 3.8) is 0 Å². The lowest BCUT2D eigenvalue weighted by molar-refractivity contribution is 0.313. The number of furan rings is 1. The number of likely N-dealkylation sites (N-methyl/N-ethyl adjacent to an activating group) is 1. The second-order valence-electron chi connectivity index (χ2n) is 5.68. The number of hydrogen-bond donors (Lipinski definition) is 0. The third-order valence-corrected chi connectivity index (χ3v) is 6.17. The monoisotopic (exact) mass is 335 g/mol. The van der Waals surface area contributed by atoms with Crippen molar-refractivity contribution in [2.24, 2.45) is 0 Å². The molecule has 0 aromatic carbocycles. The second-order valence-corrected chi connectivity index (χ2v) is 7.67. The first-order chi connectivity index (χ1) is 11.1. The van der Waals surface area contributed by atoms with Crippen LogP contribution in [-0.2, 0) is 16.6 Å². The Morgan fingerprint density at radius 3 is 2.91 bits per heavy atom. The van der Waals surface area contributed by atoms with Gasteiger partial charge in [0.25, 0.3) is 10.2 Å². The zero-order valence-corrected chi connectivity index (χ0v) is 13.9. The maximum atomic E-state index is 12.8. The van der Waals surface area contributed by atoms with Crippen LogP contribution in [0.15, 0.2) is 47.2 Å². The molecule has 3 heterocycles. The highest BCUT2D eigenvalue weighted by atomic mass is 32.2. The van der Waals surface area contributed by atoms with E-state index in [4.69, 9.17) is 4.42 Å². The number of rotatable bonds is 6. The Balaban J connectivity index is 1.70. The molecule has 0 N–H and O–H groups in total. The first-order valence-corrected chi connectivity index (χ1v) is 9.15. The number of nitrogens with zero attached hydrogens (tertiary/aromatic N) is 3. The molecule has 0 radical (unpaired) electrons. The van der Waals surface area contributed by atoms with Gasteiger partial charge in [0.05, 0.1) is 12.3 Å². The number of aromatic nitrogens is 1. The maximum Gasteiger partial charge on any atom is 0.282 e. The Hall–Kier alpha value is -1.70. The van der Waals surface area contributed by atoms with E-state index in [0.717, 1.165) is 18.5 Å². The van der Waals surface area contributed by atoms with Crippen molar-refractivity contribution in [1.82, 2.24) is 13.6 Å². The molecule has 6 nitrogen and oxygen atoms in total. The van der Waals surface area contributed by atoms with Crippen molar-refractivity contribution in [2.75, 3.05) is 20.1 Å². The van der Waals surface area contributed by atoms with Gasteiger partial charge in [-0.15, -0.1) is 0 Å². The van der Waals surface area contributed by atoms with E-state index in [1.165, 1.54) is 4.31 Å². The molecule has 0 unspecified atom stereocenters. The third-order valence-electron chi connectivity index (χ3n) is 4.17. The van der Waals surface area contributed by atoms with Gasteiger partial charge in [-0.1, -0.05) is 6.07 Å². The van der Waals surface area contributed by atoms with Crippen LogP contribution < -0.4 is 0 Å². The van der Waals surface area contributed by atoms with Crippen LogP contribution in [0.4, 0.5) is 0 Å². The summed E-state index contributed by atoms with van der Waals surface area (Å²) in [6, 6.07) is 9.09. The van der Waals surface area contributed by atoms with Crippen LogP contribution >= 0.6 is 0 Å². The fourth-order valence-electron chi connectivity index (χ4n) is 2.89. The largest absolute Gasteiger partial charge is 0.468 e. The highest BCUT2D eigenvalue weighted by Gasteiger charge is 2.38. The van der Waals surface area contributed by atoms with E-state index < -0.39 is 10.2 Å². The molecule has 0 saturated carbocycles. The van der Waals surface area contributed by atoms with E-state index in [1.54, 1.807) is 29.9 Å². The summed E-state index contributed by atoms with van der Waals surface area (Å²) in [6.45, 7) is 0.933. The molecule has 2 aromatic rings. The zero-order chi connectivity index (χ0) is 16.3. The zero-order valence-electron chi connectivity index (χ0n) is 13.1. The highest BCUT2D eigenvalue weighted by molar-refractivity contribution is 7.86. The van der Waals surface area contributed by atoms with E-state index in [1.807, 2.05) is 24.3 Å². The molecule has 0 amide bonds. The van der Waals surface area contributed by atoms with Gasteiger partial charge >= 0.3 is 0 Å². The van der Waals surface area contributed by atoms with Crippen LogP contribution in [0.25, 0.3) is 0 Å². The van der Waals surface area contributed by atoms with Crippen molar-refractivity contribution in [3.05, 3.63) is 54.2 Å². The lowest BCUT2D eigenvalue weighted by Crippen LogP contribution is -2.42. The van der Waals surface area contributed by atoms with E-state index in [9.17, 15) is 8.42 Å². The summed E-state index contributed by atoms with van der Waals surface area (Å²) in [5, 5.41) is 0. The van der Waals surface area contributed by atoms with E-state index in [-0.39, 0.29) is 6.04 Å². The summed E-state index contributed by atoms with van der Waals surface area (Å²) in [6.07, 6.45) is 5.54. The molecule has 1 aliphatic rings. The number of pyridine rings is 1. The molecular weight excluding hydrogens is 314 g/mol. The minimum absolute atomic E-state index is 0.202. The predicted octanol–water partition coefficient (Wildman–Crippen LogP) is 2.23. The molecule has 1 atom stereocenters. The van der Waals surface area contributed by atoms with Crippen LogP contribution in [0.3, 0.4) is 0 Å². The van der Waals surface area contributed by atoms with Gasteiger partial charge in [0.2, 0.25) is 0 Å². The maximum absolute atomic E-state index is 12.8. The quantitative estimate of drug-likeness (QED) is 0.812. The SMILES string of the molecule is CN(CCc1ccccn1)S(=O)(=O)N1CCC[C@@H]1c1ccco1. The Kier molecular flexibility index (Phi) is 4.79. The van der Waals surface area contributed by atoms with Gasteiger partial charge in [-0.25, -0.2) is 0 Å². The van der Waals surface area contributed by atoms with Gasteiger partial charge in [0.15, 0.2) is 0 Å². The van der Waals surface area contributed by atoms with Crippen molar-refractivity contribution < 1.29 is 12.8 Å². The molecular formula is C16H21N3O3S. The topological polar surface area (TPSA) is 66.7 Å². The minimum atomic E-state index is -3.51. The Labute approximate surface area is 136 Å². The molecule has 124 valence electrons. The van der Waals surface area contributed by atoms with Gasteiger partial charge in [-0.3, -0.25) is 4.98 Å². The fourth-order valence-corrected chi connectivity index (χ4v) is 4.46. The molecule has 1 aliphatic heterocycles. The molecule has 0 aliphatic carbocycles. The van der Waals surface area contributed by atoms with Gasteiger partial charge < -0.3 is 4.42 Å². The second kappa shape index (κ2) is 6.82. The summed E-state index contributed by atoms with van der Waals surface area (Å²) in [5.74, 6) is 0.712. The number of hydrogen-bond acceptors (Lipinski definition) is 4. The molecule has 3 rings (SSSR count). The van der Waals surface area contributed by atoms with Gasteiger partial charge in [0, 0.05) is 38.4 Å². The molecule has 7 heteroatoms. The standard InChI is InChI=1S/C16H21N3O3S/c1-18(12-9-14-6-2-3-10-17-14)23(20,21)19-11-4-7-15(19)16-8-5-13-22-16/h2-3,5-6,8,10,13,15H,4,7,9,11-12H2,1H3/t15-/m1/s1. The van der Waals surface area contributed by atoms with Gasteiger partial charge in [0.1, 0.15) is 5.76 Å². The molecule has 0 bridgehead atoms. The van der Waals surface area contributed by atoms with Crippen LogP contribution in [0, 0.1) is 0 Å². The van der Waals surface area contributed by atoms with E-state index in [0.29, 0.717) is 25.3 Å². The molecule has 1 fully saturated rings. The summed E-state index contributed by atoms with van der Waals surface area (Å²) >= 11 is 0. The summed E-state index contributed by atoms with van der Waals surface area (Å²) in [5.41, 5.74) is 0.888. The van der Waals surface area contributed by atoms with E-state index >= 15 is 0 Å². The lowest BCUT2D eigenvalue weighted by atomic mass is 10.2. The predicted molar refractivity (Wildman–Crippen MR) is 86.9 cm³/mol. The Morgan fingerprint density at radius 2 is 2.22 bits per heavy atom. The molecule has 1 saturated heterocycles. The smallest absolute Gasteiger partial charge is 0.282 e. The lowest BCUT2D eigenvalue weighted by Gasteiger charge is -2.27. The van der Waals surface area contributed by atoms with Gasteiger partial charge in [-0.2, -0.15) is 17.0 Å². The van der Waals surface area contributed by atoms with Gasteiger partial charge in [-0.05, 0) is 37.1 Å². The first kappa shape index (κ1) is 16.2. The van der Waals surface area contributed by atoms with Crippen molar-refractivity contribution in [1.29, 1.82) is 0 Å². The fraction of sp³-hybridized carbons (Fsp3) is 0.438. The highest BCUT2D eigenvalue weighted by Crippen LogP contribution is 2.35. The summed E-state index contributed by atoms with van der Waals surface area (Å²) in [7, 11) is -1.88. The molecule has 2 aromatic heterocycles. The van der Waals surface area contributed by atoms with Crippen LogP contribution in [-0.4, -0.2) is 42.1 Å². The average molecular weight is 335 g/mol. The van der Waals surface area contributed by atoms with Crippen LogP contribution in [0.1, 0.15) is 30.3 Å². The van der Waals surface area contributed by atoms with Crippen molar-refractivity contribution in [3.8, 4) is 0 Å².